The van der Waals surface area contributed by atoms with Crippen LogP contribution in [0, 0.1) is 0 Å². The number of ether oxygens (including phenoxy) is 1. The average molecular weight is 213 g/mol. The molecule has 0 spiro atoms. The second kappa shape index (κ2) is 5.33. The Balaban J connectivity index is 2.45. The summed E-state index contributed by atoms with van der Waals surface area (Å²) in [5.41, 5.74) is -0.317. The van der Waals surface area contributed by atoms with Crippen LogP contribution in [0.15, 0.2) is 11.1 Å². The Morgan fingerprint density at radius 1 is 1.60 bits per heavy atom. The molecule has 0 aromatic carbocycles. The van der Waals surface area contributed by atoms with Gasteiger partial charge in [-0.25, -0.2) is 9.48 Å². The molecule has 1 aromatic rings. The summed E-state index contributed by atoms with van der Waals surface area (Å²) in [7, 11) is 1.58. The third-order valence-electron chi connectivity index (χ3n) is 1.93. The van der Waals surface area contributed by atoms with Crippen molar-refractivity contribution in [3.63, 3.8) is 0 Å². The largest absolute Gasteiger partial charge is 0.464 e. The third kappa shape index (κ3) is 3.23. The van der Waals surface area contributed by atoms with Crippen molar-refractivity contribution in [3.8, 4) is 0 Å². The Morgan fingerprint density at radius 2 is 2.33 bits per heavy atom. The Labute approximate surface area is 87.5 Å². The molecule has 6 nitrogen and oxygen atoms in total. The number of nitrogens with zero attached hydrogens (tertiary/aromatic N) is 3. The zero-order valence-electron chi connectivity index (χ0n) is 8.97. The SMILES string of the molecule is CCCCOC(=O)Cn1ncn(C)c1=O. The maximum atomic E-state index is 11.3. The molecular weight excluding hydrogens is 198 g/mol. The number of hydrogen-bond acceptors (Lipinski definition) is 4. The monoisotopic (exact) mass is 213 g/mol. The van der Waals surface area contributed by atoms with Gasteiger partial charge < -0.3 is 4.74 Å². The highest BCUT2D eigenvalue weighted by atomic mass is 16.5. The van der Waals surface area contributed by atoms with Gasteiger partial charge in [-0.3, -0.25) is 9.36 Å². The van der Waals surface area contributed by atoms with Crippen molar-refractivity contribution in [2.75, 3.05) is 6.61 Å². The molecule has 0 radical (unpaired) electrons. The van der Waals surface area contributed by atoms with E-state index in [1.54, 1.807) is 7.05 Å². The molecule has 0 fully saturated rings. The molecule has 0 bridgehead atoms. The molecule has 0 aliphatic rings. The molecule has 1 heterocycles. The Hall–Kier alpha value is -1.59. The number of aryl methyl sites for hydroxylation is 1. The van der Waals surface area contributed by atoms with Crippen LogP contribution in [0.1, 0.15) is 19.8 Å². The van der Waals surface area contributed by atoms with Gasteiger partial charge in [0.1, 0.15) is 12.9 Å². The summed E-state index contributed by atoms with van der Waals surface area (Å²) in [5, 5.41) is 3.75. The van der Waals surface area contributed by atoms with Crippen LogP contribution in [-0.4, -0.2) is 26.9 Å². The van der Waals surface area contributed by atoms with E-state index in [2.05, 4.69) is 5.10 Å². The lowest BCUT2D eigenvalue weighted by atomic mass is 10.4. The quantitative estimate of drug-likeness (QED) is 0.507. The second-order valence-corrected chi connectivity index (χ2v) is 3.26. The Bertz CT molecular complexity index is 380. The molecule has 84 valence electrons. The molecule has 6 heteroatoms. The topological polar surface area (TPSA) is 66.1 Å². The lowest BCUT2D eigenvalue weighted by Gasteiger charge is -2.02. The smallest absolute Gasteiger partial charge is 0.345 e. The van der Waals surface area contributed by atoms with E-state index in [-0.39, 0.29) is 12.2 Å². The van der Waals surface area contributed by atoms with Gasteiger partial charge in [0, 0.05) is 7.05 Å². The van der Waals surface area contributed by atoms with E-state index in [0.29, 0.717) is 6.61 Å². The van der Waals surface area contributed by atoms with Crippen LogP contribution in [-0.2, 0) is 23.1 Å². The van der Waals surface area contributed by atoms with Crippen molar-refractivity contribution in [1.82, 2.24) is 14.3 Å². The first-order chi connectivity index (χ1) is 7.15. The Morgan fingerprint density at radius 3 is 2.87 bits per heavy atom. The van der Waals surface area contributed by atoms with Crippen LogP contribution in [0.4, 0.5) is 0 Å². The van der Waals surface area contributed by atoms with Crippen LogP contribution in [0.5, 0.6) is 0 Å². The molecule has 0 aliphatic carbocycles. The molecule has 1 aromatic heterocycles. The minimum Gasteiger partial charge on any atom is -0.464 e. The third-order valence-corrected chi connectivity index (χ3v) is 1.93. The van der Waals surface area contributed by atoms with Gasteiger partial charge in [-0.15, -0.1) is 0 Å². The van der Waals surface area contributed by atoms with E-state index in [1.807, 2.05) is 6.92 Å². The molecule has 0 saturated heterocycles. The summed E-state index contributed by atoms with van der Waals surface area (Å²) in [6.07, 6.45) is 3.17. The predicted molar refractivity (Wildman–Crippen MR) is 53.3 cm³/mol. The van der Waals surface area contributed by atoms with Crippen molar-refractivity contribution in [3.05, 3.63) is 16.8 Å². The van der Waals surface area contributed by atoms with Crippen molar-refractivity contribution in [2.24, 2.45) is 7.05 Å². The van der Waals surface area contributed by atoms with E-state index in [1.165, 1.54) is 10.9 Å². The summed E-state index contributed by atoms with van der Waals surface area (Å²) in [5.74, 6) is -0.427. The first-order valence-electron chi connectivity index (χ1n) is 4.89. The van der Waals surface area contributed by atoms with Crippen LogP contribution >= 0.6 is 0 Å². The fourth-order valence-corrected chi connectivity index (χ4v) is 1.03. The van der Waals surface area contributed by atoms with Gasteiger partial charge in [-0.2, -0.15) is 5.10 Å². The van der Waals surface area contributed by atoms with Crippen molar-refractivity contribution < 1.29 is 9.53 Å². The minimum atomic E-state index is -0.427. The van der Waals surface area contributed by atoms with Crippen LogP contribution in [0.2, 0.25) is 0 Å². The molecule has 0 saturated carbocycles. The lowest BCUT2D eigenvalue weighted by Crippen LogP contribution is -2.27. The highest BCUT2D eigenvalue weighted by Crippen LogP contribution is 1.89. The minimum absolute atomic E-state index is 0.122. The molecule has 0 atom stereocenters. The van der Waals surface area contributed by atoms with E-state index in [9.17, 15) is 9.59 Å². The summed E-state index contributed by atoms with van der Waals surface area (Å²) in [6, 6.07) is 0. The normalized spacial score (nSPS) is 10.3. The van der Waals surface area contributed by atoms with Crippen molar-refractivity contribution >= 4 is 5.97 Å². The number of carbonyl (C=O) groups excluding carboxylic acids is 1. The molecule has 1 rings (SSSR count). The lowest BCUT2D eigenvalue weighted by molar-refractivity contribution is -0.144. The van der Waals surface area contributed by atoms with Crippen LogP contribution in [0.25, 0.3) is 0 Å². The number of carbonyl (C=O) groups is 1. The van der Waals surface area contributed by atoms with E-state index < -0.39 is 5.97 Å². The molecule has 0 amide bonds. The molecule has 0 unspecified atom stereocenters. The number of hydrogen-bond donors (Lipinski definition) is 0. The fraction of sp³-hybridized carbons (Fsp3) is 0.667. The average Bonchev–Trinajstić information content (AvgIpc) is 2.50. The molecule has 15 heavy (non-hydrogen) atoms. The fourth-order valence-electron chi connectivity index (χ4n) is 1.03. The highest BCUT2D eigenvalue weighted by molar-refractivity contribution is 5.68. The number of esters is 1. The van der Waals surface area contributed by atoms with Gasteiger partial charge in [-0.05, 0) is 6.42 Å². The van der Waals surface area contributed by atoms with Gasteiger partial charge in [0.15, 0.2) is 0 Å². The number of unbranched alkanes of at least 4 members (excludes halogenated alkanes) is 1. The number of rotatable bonds is 5. The predicted octanol–water partition coefficient (Wildman–Crippen LogP) is -0.0749. The van der Waals surface area contributed by atoms with Gasteiger partial charge in [0.25, 0.3) is 0 Å². The molecular formula is C9H15N3O3. The summed E-state index contributed by atoms with van der Waals surface area (Å²) in [4.78, 5) is 22.5. The molecule has 0 N–H and O–H groups in total. The van der Waals surface area contributed by atoms with E-state index in [4.69, 9.17) is 4.74 Å². The maximum Gasteiger partial charge on any atom is 0.345 e. The van der Waals surface area contributed by atoms with Gasteiger partial charge in [-0.1, -0.05) is 13.3 Å². The standard InChI is InChI=1S/C9H15N3O3/c1-3-4-5-15-8(13)6-12-9(14)11(2)7-10-12/h7H,3-6H2,1-2H3. The Kier molecular flexibility index (Phi) is 4.08. The van der Waals surface area contributed by atoms with Gasteiger partial charge in [0.05, 0.1) is 6.61 Å². The zero-order chi connectivity index (χ0) is 11.3. The van der Waals surface area contributed by atoms with E-state index in [0.717, 1.165) is 17.5 Å². The van der Waals surface area contributed by atoms with Crippen LogP contribution < -0.4 is 5.69 Å². The summed E-state index contributed by atoms with van der Waals surface area (Å²) >= 11 is 0. The summed E-state index contributed by atoms with van der Waals surface area (Å²) < 4.78 is 7.29. The van der Waals surface area contributed by atoms with Crippen molar-refractivity contribution in [2.45, 2.75) is 26.3 Å². The number of aromatic nitrogens is 3. The second-order valence-electron chi connectivity index (χ2n) is 3.26. The van der Waals surface area contributed by atoms with Crippen molar-refractivity contribution in [1.29, 1.82) is 0 Å². The van der Waals surface area contributed by atoms with Crippen LogP contribution in [0.3, 0.4) is 0 Å². The van der Waals surface area contributed by atoms with E-state index >= 15 is 0 Å². The zero-order valence-corrected chi connectivity index (χ0v) is 8.97. The highest BCUT2D eigenvalue weighted by Gasteiger charge is 2.08. The molecule has 0 aliphatic heterocycles. The first kappa shape index (κ1) is 11.5. The van der Waals surface area contributed by atoms with Gasteiger partial charge in [0.2, 0.25) is 0 Å². The summed E-state index contributed by atoms with van der Waals surface area (Å²) in [6.45, 7) is 2.29. The maximum absolute atomic E-state index is 11.3. The first-order valence-corrected chi connectivity index (χ1v) is 4.89. The van der Waals surface area contributed by atoms with Gasteiger partial charge >= 0.3 is 11.7 Å².